The van der Waals surface area contributed by atoms with E-state index < -0.39 is 0 Å². The Kier molecular flexibility index (Phi) is 6.11. The molecule has 1 fully saturated rings. The first-order chi connectivity index (χ1) is 13.0. The van der Waals surface area contributed by atoms with Gasteiger partial charge in [0.15, 0.2) is 0 Å². The molecule has 1 aromatic carbocycles. The predicted octanol–water partition coefficient (Wildman–Crippen LogP) is 1.95. The monoisotopic (exact) mass is 370 g/mol. The number of carbonyl (C=O) groups is 2. The van der Waals surface area contributed by atoms with E-state index in [1.165, 1.54) is 6.92 Å². The van der Waals surface area contributed by atoms with Gasteiger partial charge in [0, 0.05) is 50.9 Å². The molecule has 0 bridgehead atoms. The van der Waals surface area contributed by atoms with E-state index in [1.54, 1.807) is 30.5 Å². The fraction of sp³-hybridized carbons (Fsp3) is 0.450. The first-order valence-electron chi connectivity index (χ1n) is 9.28. The molecule has 0 aliphatic carbocycles. The number of hydrogen-bond donors (Lipinski definition) is 1. The van der Waals surface area contributed by atoms with E-state index in [2.05, 4.69) is 10.3 Å². The highest BCUT2D eigenvalue weighted by Crippen LogP contribution is 2.26. The number of amides is 2. The van der Waals surface area contributed by atoms with Gasteiger partial charge in [-0.3, -0.25) is 9.59 Å². The van der Waals surface area contributed by atoms with Crippen LogP contribution >= 0.6 is 0 Å². The molecule has 1 aromatic heterocycles. The van der Waals surface area contributed by atoms with Crippen LogP contribution < -0.4 is 10.1 Å². The first kappa shape index (κ1) is 18.9. The third kappa shape index (κ3) is 4.87. The van der Waals surface area contributed by atoms with Crippen molar-refractivity contribution in [1.82, 2.24) is 19.8 Å². The number of hydrogen-bond acceptors (Lipinski definition) is 4. The molecule has 1 N–H and O–H groups in total. The van der Waals surface area contributed by atoms with Gasteiger partial charge in [-0.05, 0) is 37.1 Å². The molecule has 2 heterocycles. The van der Waals surface area contributed by atoms with E-state index in [4.69, 9.17) is 4.74 Å². The van der Waals surface area contributed by atoms with Crippen LogP contribution in [0.4, 0.5) is 0 Å². The molecule has 2 amide bonds. The van der Waals surface area contributed by atoms with Gasteiger partial charge in [-0.1, -0.05) is 0 Å². The van der Waals surface area contributed by atoms with Crippen molar-refractivity contribution in [2.24, 2.45) is 7.05 Å². The summed E-state index contributed by atoms with van der Waals surface area (Å²) >= 11 is 0. The molecular weight excluding hydrogens is 344 g/mol. The van der Waals surface area contributed by atoms with Crippen LogP contribution in [0.15, 0.2) is 36.7 Å². The standard InChI is InChI=1S/C20H26N4O3/c1-15(25)21-10-13-27-18-7-5-16(6-8-18)20(26)24-11-3-4-17(14-24)19-22-9-12-23(19)2/h5-9,12,17H,3-4,10-11,13-14H2,1-2H3,(H,21,25)/t17-/m0/s1. The van der Waals surface area contributed by atoms with Gasteiger partial charge in [0.2, 0.25) is 5.91 Å². The summed E-state index contributed by atoms with van der Waals surface area (Å²) in [6, 6.07) is 7.17. The Morgan fingerprint density at radius 2 is 2.07 bits per heavy atom. The molecule has 7 nitrogen and oxygen atoms in total. The molecule has 0 spiro atoms. The summed E-state index contributed by atoms with van der Waals surface area (Å²) in [6.07, 6.45) is 5.78. The second kappa shape index (κ2) is 8.70. The second-order valence-electron chi connectivity index (χ2n) is 6.84. The normalized spacial score (nSPS) is 16.8. The summed E-state index contributed by atoms with van der Waals surface area (Å²) in [4.78, 5) is 30.0. The lowest BCUT2D eigenvalue weighted by Gasteiger charge is -2.32. The summed E-state index contributed by atoms with van der Waals surface area (Å²) in [6.45, 7) is 3.79. The largest absolute Gasteiger partial charge is 0.492 e. The van der Waals surface area contributed by atoms with E-state index >= 15 is 0 Å². The van der Waals surface area contributed by atoms with Gasteiger partial charge in [-0.2, -0.15) is 0 Å². The number of imidazole rings is 1. The van der Waals surface area contributed by atoms with Gasteiger partial charge in [0.1, 0.15) is 18.2 Å². The molecule has 0 unspecified atom stereocenters. The summed E-state index contributed by atoms with van der Waals surface area (Å²) in [5.41, 5.74) is 0.657. The Bertz CT molecular complexity index is 785. The van der Waals surface area contributed by atoms with Crippen molar-refractivity contribution in [3.05, 3.63) is 48.0 Å². The molecule has 3 rings (SSSR count). The highest BCUT2D eigenvalue weighted by Gasteiger charge is 2.27. The molecule has 0 saturated carbocycles. The zero-order valence-corrected chi connectivity index (χ0v) is 15.9. The number of piperidine rings is 1. The highest BCUT2D eigenvalue weighted by atomic mass is 16.5. The zero-order valence-electron chi connectivity index (χ0n) is 15.9. The lowest BCUT2D eigenvalue weighted by Crippen LogP contribution is -2.39. The van der Waals surface area contributed by atoms with Crippen molar-refractivity contribution in [2.45, 2.75) is 25.7 Å². The van der Waals surface area contributed by atoms with Gasteiger partial charge < -0.3 is 19.5 Å². The first-order valence-corrected chi connectivity index (χ1v) is 9.28. The van der Waals surface area contributed by atoms with Crippen molar-refractivity contribution in [3.63, 3.8) is 0 Å². The molecule has 27 heavy (non-hydrogen) atoms. The number of aryl methyl sites for hydroxylation is 1. The summed E-state index contributed by atoms with van der Waals surface area (Å²) in [5.74, 6) is 1.96. The molecule has 1 saturated heterocycles. The molecule has 7 heteroatoms. The summed E-state index contributed by atoms with van der Waals surface area (Å²) in [5, 5.41) is 2.68. The van der Waals surface area contributed by atoms with Crippen LogP contribution in [0.25, 0.3) is 0 Å². The summed E-state index contributed by atoms with van der Waals surface area (Å²) in [7, 11) is 1.99. The highest BCUT2D eigenvalue weighted by molar-refractivity contribution is 5.94. The number of carbonyl (C=O) groups excluding carboxylic acids is 2. The van der Waals surface area contributed by atoms with E-state index in [0.717, 1.165) is 25.2 Å². The maximum absolute atomic E-state index is 12.9. The molecular formula is C20H26N4O3. The van der Waals surface area contributed by atoms with Crippen LogP contribution in [0.3, 0.4) is 0 Å². The molecule has 2 aromatic rings. The number of benzene rings is 1. The second-order valence-corrected chi connectivity index (χ2v) is 6.84. The summed E-state index contributed by atoms with van der Waals surface area (Å²) < 4.78 is 7.60. The number of nitrogens with zero attached hydrogens (tertiary/aromatic N) is 3. The Balaban J connectivity index is 1.57. The molecule has 1 atom stereocenters. The van der Waals surface area contributed by atoms with Crippen molar-refractivity contribution in [1.29, 1.82) is 0 Å². The Morgan fingerprint density at radius 3 is 2.74 bits per heavy atom. The van der Waals surface area contributed by atoms with E-state index in [9.17, 15) is 9.59 Å². The Hall–Kier alpha value is -2.83. The van der Waals surface area contributed by atoms with Crippen molar-refractivity contribution in [3.8, 4) is 5.75 Å². The smallest absolute Gasteiger partial charge is 0.253 e. The van der Waals surface area contributed by atoms with E-state index in [-0.39, 0.29) is 17.7 Å². The average molecular weight is 370 g/mol. The fourth-order valence-electron chi connectivity index (χ4n) is 3.42. The quantitative estimate of drug-likeness (QED) is 0.789. The minimum atomic E-state index is -0.0788. The number of rotatable bonds is 6. The average Bonchev–Trinajstić information content (AvgIpc) is 3.11. The molecule has 0 radical (unpaired) electrons. The maximum atomic E-state index is 12.9. The lowest BCUT2D eigenvalue weighted by atomic mass is 9.96. The van der Waals surface area contributed by atoms with E-state index in [1.807, 2.05) is 22.7 Å². The molecule has 1 aliphatic rings. The van der Waals surface area contributed by atoms with Gasteiger partial charge in [-0.15, -0.1) is 0 Å². The predicted molar refractivity (Wildman–Crippen MR) is 102 cm³/mol. The molecule has 1 aliphatic heterocycles. The number of nitrogens with one attached hydrogen (secondary N) is 1. The lowest BCUT2D eigenvalue weighted by molar-refractivity contribution is -0.119. The van der Waals surface area contributed by atoms with Gasteiger partial charge >= 0.3 is 0 Å². The zero-order chi connectivity index (χ0) is 19.2. The van der Waals surface area contributed by atoms with Crippen LogP contribution in [0.5, 0.6) is 5.75 Å². The van der Waals surface area contributed by atoms with Crippen LogP contribution in [0.2, 0.25) is 0 Å². The van der Waals surface area contributed by atoms with Gasteiger partial charge in [0.25, 0.3) is 5.91 Å². The Morgan fingerprint density at radius 1 is 1.30 bits per heavy atom. The van der Waals surface area contributed by atoms with Crippen LogP contribution in [0.1, 0.15) is 41.9 Å². The third-order valence-electron chi connectivity index (χ3n) is 4.78. The Labute approximate surface area is 159 Å². The van der Waals surface area contributed by atoms with Gasteiger partial charge in [-0.25, -0.2) is 4.98 Å². The van der Waals surface area contributed by atoms with Crippen molar-refractivity contribution in [2.75, 3.05) is 26.2 Å². The number of aromatic nitrogens is 2. The van der Waals surface area contributed by atoms with E-state index in [0.29, 0.717) is 31.0 Å². The molecule has 144 valence electrons. The van der Waals surface area contributed by atoms with Crippen LogP contribution in [-0.2, 0) is 11.8 Å². The third-order valence-corrected chi connectivity index (χ3v) is 4.78. The van der Waals surface area contributed by atoms with Gasteiger partial charge in [0.05, 0.1) is 6.54 Å². The maximum Gasteiger partial charge on any atom is 0.253 e. The fourth-order valence-corrected chi connectivity index (χ4v) is 3.42. The van der Waals surface area contributed by atoms with Crippen LogP contribution in [-0.4, -0.2) is 52.5 Å². The van der Waals surface area contributed by atoms with Crippen molar-refractivity contribution >= 4 is 11.8 Å². The SMILES string of the molecule is CC(=O)NCCOc1ccc(C(=O)N2CCC[C@H](c3nccn3C)C2)cc1. The number of ether oxygens (including phenoxy) is 1. The number of likely N-dealkylation sites (tertiary alicyclic amines) is 1. The van der Waals surface area contributed by atoms with Crippen LogP contribution in [0, 0.1) is 0 Å². The topological polar surface area (TPSA) is 76.5 Å². The van der Waals surface area contributed by atoms with Crippen molar-refractivity contribution < 1.29 is 14.3 Å². The minimum Gasteiger partial charge on any atom is -0.492 e. The minimum absolute atomic E-state index is 0.0405.